The van der Waals surface area contributed by atoms with Crippen molar-refractivity contribution in [1.29, 1.82) is 0 Å². The topological polar surface area (TPSA) is 97.2 Å². The van der Waals surface area contributed by atoms with Gasteiger partial charge in [0.1, 0.15) is 12.6 Å². The summed E-state index contributed by atoms with van der Waals surface area (Å²) in [5, 5.41) is 3.67. The summed E-state index contributed by atoms with van der Waals surface area (Å²) in [5.74, 6) is -0.879. The molecular weight excluding hydrogens is 342 g/mol. The minimum absolute atomic E-state index is 0.168. The molecule has 0 saturated carbocycles. The number of H-pyrrole nitrogens is 1. The highest BCUT2D eigenvalue weighted by Crippen LogP contribution is 2.18. The van der Waals surface area contributed by atoms with Crippen LogP contribution >= 0.6 is 0 Å². The van der Waals surface area contributed by atoms with Crippen LogP contribution in [0.3, 0.4) is 0 Å². The molecule has 0 fully saturated rings. The lowest BCUT2D eigenvalue weighted by Gasteiger charge is -2.17. The van der Waals surface area contributed by atoms with E-state index in [1.54, 1.807) is 6.92 Å². The van der Waals surface area contributed by atoms with Crippen molar-refractivity contribution in [3.8, 4) is 0 Å². The minimum Gasteiger partial charge on any atom is -0.459 e. The number of nitrogens with one attached hydrogen (secondary N) is 2. The number of rotatable bonds is 7. The van der Waals surface area contributed by atoms with E-state index in [2.05, 4.69) is 10.3 Å². The van der Waals surface area contributed by atoms with Gasteiger partial charge < -0.3 is 20.8 Å². The van der Waals surface area contributed by atoms with Crippen LogP contribution in [-0.4, -0.2) is 28.9 Å². The normalized spacial score (nSPS) is 13.1. The van der Waals surface area contributed by atoms with E-state index in [1.165, 1.54) is 0 Å². The number of carbonyl (C=O) groups excluding carboxylic acids is 2. The lowest BCUT2D eigenvalue weighted by atomic mass is 10.0. The van der Waals surface area contributed by atoms with Crippen molar-refractivity contribution < 1.29 is 14.3 Å². The Bertz CT molecular complexity index is 921. The summed E-state index contributed by atoms with van der Waals surface area (Å²) in [6, 6.07) is 15.7. The standard InChI is InChI=1S/C21H23N3O3/c1-14(21(26)27-13-15-7-3-2-4-8-15)24-20(25)18(22)11-16-12-23-19-10-6-5-9-17(16)19/h2-10,12,14,18,23H,11,13,22H2,1H3,(H,24,25). The number of ether oxygens (including phenoxy) is 1. The average molecular weight is 365 g/mol. The first kappa shape index (κ1) is 18.7. The van der Waals surface area contributed by atoms with E-state index in [4.69, 9.17) is 10.5 Å². The predicted molar refractivity (Wildman–Crippen MR) is 104 cm³/mol. The lowest BCUT2D eigenvalue weighted by molar-refractivity contribution is -0.148. The number of fused-ring (bicyclic) bond motifs is 1. The zero-order valence-electron chi connectivity index (χ0n) is 15.1. The van der Waals surface area contributed by atoms with Gasteiger partial charge in [0.25, 0.3) is 0 Å². The molecule has 1 amide bonds. The Morgan fingerprint density at radius 3 is 2.59 bits per heavy atom. The number of amides is 1. The second kappa shape index (κ2) is 8.51. The lowest BCUT2D eigenvalue weighted by Crippen LogP contribution is -2.48. The van der Waals surface area contributed by atoms with Crippen LogP contribution in [0.5, 0.6) is 0 Å². The third-order valence-corrected chi connectivity index (χ3v) is 4.39. The number of aromatic nitrogens is 1. The number of esters is 1. The van der Waals surface area contributed by atoms with Crippen LogP contribution in [0.4, 0.5) is 0 Å². The van der Waals surface area contributed by atoms with E-state index >= 15 is 0 Å². The predicted octanol–water partition coefficient (Wildman–Crippen LogP) is 2.29. The van der Waals surface area contributed by atoms with E-state index in [-0.39, 0.29) is 12.5 Å². The monoisotopic (exact) mass is 365 g/mol. The summed E-state index contributed by atoms with van der Waals surface area (Å²) in [6.07, 6.45) is 2.23. The van der Waals surface area contributed by atoms with Crippen molar-refractivity contribution in [2.45, 2.75) is 32.0 Å². The molecule has 0 spiro atoms. The van der Waals surface area contributed by atoms with E-state index in [0.717, 1.165) is 22.0 Å². The maximum absolute atomic E-state index is 12.3. The van der Waals surface area contributed by atoms with Crippen molar-refractivity contribution in [2.75, 3.05) is 0 Å². The molecule has 6 heteroatoms. The smallest absolute Gasteiger partial charge is 0.328 e. The number of nitrogens with two attached hydrogens (primary N) is 1. The molecule has 0 aliphatic rings. The molecule has 3 rings (SSSR count). The van der Waals surface area contributed by atoms with Gasteiger partial charge in [-0.15, -0.1) is 0 Å². The van der Waals surface area contributed by atoms with Gasteiger partial charge in [0.15, 0.2) is 0 Å². The highest BCUT2D eigenvalue weighted by Gasteiger charge is 2.22. The maximum Gasteiger partial charge on any atom is 0.328 e. The average Bonchev–Trinajstić information content (AvgIpc) is 3.09. The molecule has 0 bridgehead atoms. The summed E-state index contributed by atoms with van der Waals surface area (Å²) in [6.45, 7) is 1.75. The highest BCUT2D eigenvalue weighted by atomic mass is 16.5. The molecule has 2 unspecified atom stereocenters. The van der Waals surface area contributed by atoms with Crippen LogP contribution < -0.4 is 11.1 Å². The Morgan fingerprint density at radius 1 is 1.11 bits per heavy atom. The largest absolute Gasteiger partial charge is 0.459 e. The molecule has 6 nitrogen and oxygen atoms in total. The van der Waals surface area contributed by atoms with Gasteiger partial charge in [-0.05, 0) is 30.5 Å². The summed E-state index contributed by atoms with van der Waals surface area (Å²) in [4.78, 5) is 27.6. The Labute approximate surface area is 157 Å². The van der Waals surface area contributed by atoms with Crippen molar-refractivity contribution in [2.24, 2.45) is 5.73 Å². The summed E-state index contributed by atoms with van der Waals surface area (Å²) < 4.78 is 5.23. The van der Waals surface area contributed by atoms with E-state index in [1.807, 2.05) is 60.8 Å². The molecule has 140 valence electrons. The quantitative estimate of drug-likeness (QED) is 0.560. The Kier molecular flexibility index (Phi) is 5.88. The first-order valence-electron chi connectivity index (χ1n) is 8.86. The molecule has 4 N–H and O–H groups in total. The summed E-state index contributed by atoms with van der Waals surface area (Å²) in [7, 11) is 0. The molecular formula is C21H23N3O3. The molecule has 1 heterocycles. The van der Waals surface area contributed by atoms with Gasteiger partial charge in [0, 0.05) is 17.1 Å². The zero-order chi connectivity index (χ0) is 19.2. The number of benzene rings is 2. The number of para-hydroxylation sites is 1. The van der Waals surface area contributed by atoms with Crippen molar-refractivity contribution in [1.82, 2.24) is 10.3 Å². The highest BCUT2D eigenvalue weighted by molar-refractivity contribution is 5.88. The fraction of sp³-hybridized carbons (Fsp3) is 0.238. The molecule has 0 saturated heterocycles. The molecule has 27 heavy (non-hydrogen) atoms. The molecule has 2 atom stereocenters. The number of aromatic amines is 1. The van der Waals surface area contributed by atoms with Crippen LogP contribution in [-0.2, 0) is 27.4 Å². The van der Waals surface area contributed by atoms with Crippen molar-refractivity contribution in [3.63, 3.8) is 0 Å². The van der Waals surface area contributed by atoms with Crippen LogP contribution in [0.15, 0.2) is 60.8 Å². The summed E-state index contributed by atoms with van der Waals surface area (Å²) >= 11 is 0. The fourth-order valence-corrected chi connectivity index (χ4v) is 2.86. The molecule has 2 aromatic carbocycles. The Morgan fingerprint density at radius 2 is 1.81 bits per heavy atom. The zero-order valence-corrected chi connectivity index (χ0v) is 15.1. The molecule has 0 radical (unpaired) electrons. The third kappa shape index (κ3) is 4.74. The fourth-order valence-electron chi connectivity index (χ4n) is 2.86. The SMILES string of the molecule is CC(NC(=O)C(N)Cc1c[nH]c2ccccc12)C(=O)OCc1ccccc1. The molecule has 1 aromatic heterocycles. The maximum atomic E-state index is 12.3. The van der Waals surface area contributed by atoms with Crippen LogP contribution in [0.25, 0.3) is 10.9 Å². The minimum atomic E-state index is -0.768. The molecule has 0 aliphatic heterocycles. The molecule has 3 aromatic rings. The van der Waals surface area contributed by atoms with Crippen molar-refractivity contribution in [3.05, 3.63) is 71.9 Å². The summed E-state index contributed by atoms with van der Waals surface area (Å²) in [5.41, 5.74) is 8.89. The van der Waals surface area contributed by atoms with Gasteiger partial charge in [-0.3, -0.25) is 4.79 Å². The Hall–Kier alpha value is -3.12. The van der Waals surface area contributed by atoms with Crippen LogP contribution in [0.2, 0.25) is 0 Å². The number of hydrogen-bond donors (Lipinski definition) is 3. The van der Waals surface area contributed by atoms with Gasteiger partial charge in [-0.1, -0.05) is 48.5 Å². The van der Waals surface area contributed by atoms with Gasteiger partial charge in [0.2, 0.25) is 5.91 Å². The molecule has 0 aliphatic carbocycles. The van der Waals surface area contributed by atoms with Crippen LogP contribution in [0, 0.1) is 0 Å². The first-order chi connectivity index (χ1) is 13.0. The van der Waals surface area contributed by atoms with Gasteiger partial charge in [0.05, 0.1) is 6.04 Å². The second-order valence-electron chi connectivity index (χ2n) is 6.49. The van der Waals surface area contributed by atoms with Crippen LogP contribution in [0.1, 0.15) is 18.1 Å². The van der Waals surface area contributed by atoms with Gasteiger partial charge in [-0.25, -0.2) is 4.79 Å². The van der Waals surface area contributed by atoms with Gasteiger partial charge >= 0.3 is 5.97 Å². The van der Waals surface area contributed by atoms with Crippen molar-refractivity contribution >= 4 is 22.8 Å². The van der Waals surface area contributed by atoms with E-state index in [9.17, 15) is 9.59 Å². The van der Waals surface area contributed by atoms with Gasteiger partial charge in [-0.2, -0.15) is 0 Å². The number of hydrogen-bond acceptors (Lipinski definition) is 4. The van der Waals surface area contributed by atoms with E-state index < -0.39 is 18.1 Å². The van der Waals surface area contributed by atoms with E-state index in [0.29, 0.717) is 6.42 Å². The number of carbonyl (C=O) groups is 2. The first-order valence-corrected chi connectivity index (χ1v) is 8.86. The Balaban J connectivity index is 1.51. The second-order valence-corrected chi connectivity index (χ2v) is 6.49. The third-order valence-electron chi connectivity index (χ3n) is 4.39.